The molecule has 1 aliphatic carbocycles. The zero-order valence-corrected chi connectivity index (χ0v) is 8.76. The lowest BCUT2D eigenvalue weighted by atomic mass is 9.90. The van der Waals surface area contributed by atoms with Crippen molar-refractivity contribution in [2.24, 2.45) is 11.8 Å². The van der Waals surface area contributed by atoms with Crippen LogP contribution < -0.4 is 5.32 Å². The first-order chi connectivity index (χ1) is 6.36. The van der Waals surface area contributed by atoms with Gasteiger partial charge in [0.15, 0.2) is 0 Å². The zero-order valence-electron chi connectivity index (χ0n) is 8.76. The maximum Gasteiger partial charge on any atom is 0.0104 e. The lowest BCUT2D eigenvalue weighted by Crippen LogP contribution is -2.30. The van der Waals surface area contributed by atoms with Crippen molar-refractivity contribution in [3.63, 3.8) is 0 Å². The van der Waals surface area contributed by atoms with E-state index in [-0.39, 0.29) is 0 Å². The van der Waals surface area contributed by atoms with E-state index in [0.717, 1.165) is 11.8 Å². The van der Waals surface area contributed by atoms with Gasteiger partial charge < -0.3 is 10.2 Å². The van der Waals surface area contributed by atoms with Crippen LogP contribution in [0.25, 0.3) is 0 Å². The van der Waals surface area contributed by atoms with Gasteiger partial charge in [0.05, 0.1) is 0 Å². The predicted molar refractivity (Wildman–Crippen MR) is 55.8 cm³/mol. The Hall–Kier alpha value is -0.0800. The van der Waals surface area contributed by atoms with Gasteiger partial charge >= 0.3 is 0 Å². The fourth-order valence-electron chi connectivity index (χ4n) is 2.86. The first-order valence-electron chi connectivity index (χ1n) is 5.75. The number of nitrogens with zero attached hydrogens (tertiary/aromatic N) is 1. The highest BCUT2D eigenvalue weighted by atomic mass is 15.1. The Labute approximate surface area is 81.7 Å². The first-order valence-corrected chi connectivity index (χ1v) is 5.75. The van der Waals surface area contributed by atoms with E-state index < -0.39 is 0 Å². The summed E-state index contributed by atoms with van der Waals surface area (Å²) < 4.78 is 0. The maximum absolute atomic E-state index is 3.56. The van der Waals surface area contributed by atoms with Crippen molar-refractivity contribution in [1.82, 2.24) is 10.2 Å². The molecule has 0 aromatic carbocycles. The zero-order chi connectivity index (χ0) is 9.10. The fraction of sp³-hybridized carbons (Fsp3) is 1.00. The van der Waals surface area contributed by atoms with Crippen molar-refractivity contribution < 1.29 is 0 Å². The van der Waals surface area contributed by atoms with Crippen molar-refractivity contribution in [3.05, 3.63) is 0 Å². The molecule has 76 valence electrons. The van der Waals surface area contributed by atoms with E-state index in [1.54, 1.807) is 0 Å². The van der Waals surface area contributed by atoms with Gasteiger partial charge in [0.1, 0.15) is 0 Å². The molecule has 0 spiro atoms. The Bertz CT molecular complexity index is 152. The number of hydrogen-bond acceptors (Lipinski definition) is 2. The number of rotatable bonds is 1. The molecule has 0 radical (unpaired) electrons. The molecule has 1 saturated carbocycles. The van der Waals surface area contributed by atoms with Crippen LogP contribution in [0.4, 0.5) is 0 Å². The second-order valence-electron chi connectivity index (χ2n) is 4.77. The van der Waals surface area contributed by atoms with Gasteiger partial charge in [-0.3, -0.25) is 0 Å². The predicted octanol–water partition coefficient (Wildman–Crippen LogP) is 1.33. The molecule has 2 rings (SSSR count). The highest BCUT2D eigenvalue weighted by Crippen LogP contribution is 2.31. The van der Waals surface area contributed by atoms with E-state index in [0.29, 0.717) is 0 Å². The summed E-state index contributed by atoms with van der Waals surface area (Å²) in [6.45, 7) is 4.98. The number of hydrogen-bond donors (Lipinski definition) is 1. The Kier molecular flexibility index (Phi) is 3.23. The van der Waals surface area contributed by atoms with Crippen molar-refractivity contribution in [2.75, 3.05) is 33.2 Å². The quantitative estimate of drug-likeness (QED) is 0.658. The summed E-state index contributed by atoms with van der Waals surface area (Å²) in [5.41, 5.74) is 0. The van der Waals surface area contributed by atoms with Crippen molar-refractivity contribution in [3.8, 4) is 0 Å². The molecule has 0 amide bonds. The van der Waals surface area contributed by atoms with E-state index in [4.69, 9.17) is 0 Å². The molecule has 1 heterocycles. The second kappa shape index (κ2) is 4.43. The Morgan fingerprint density at radius 1 is 1.15 bits per heavy atom. The molecule has 0 aromatic heterocycles. The summed E-state index contributed by atoms with van der Waals surface area (Å²) in [6.07, 6.45) is 5.93. The highest BCUT2D eigenvalue weighted by Gasteiger charge is 2.26. The number of likely N-dealkylation sites (N-methyl/N-ethyl adjacent to an activating group) is 1. The van der Waals surface area contributed by atoms with Gasteiger partial charge in [-0.1, -0.05) is 25.7 Å². The van der Waals surface area contributed by atoms with Crippen LogP contribution in [0.2, 0.25) is 0 Å². The van der Waals surface area contributed by atoms with E-state index >= 15 is 0 Å². The lowest BCUT2D eigenvalue weighted by molar-refractivity contribution is 0.248. The molecule has 1 unspecified atom stereocenters. The molecule has 1 saturated heterocycles. The van der Waals surface area contributed by atoms with Crippen molar-refractivity contribution >= 4 is 0 Å². The third-order valence-corrected chi connectivity index (χ3v) is 3.69. The van der Waals surface area contributed by atoms with Crippen LogP contribution in [-0.2, 0) is 0 Å². The highest BCUT2D eigenvalue weighted by molar-refractivity contribution is 4.81. The Balaban J connectivity index is 1.88. The molecular formula is C11H22N2. The molecule has 1 atom stereocenters. The topological polar surface area (TPSA) is 15.3 Å². The summed E-state index contributed by atoms with van der Waals surface area (Å²) in [5.74, 6) is 1.95. The largest absolute Gasteiger partial charge is 0.315 e. The molecular weight excluding hydrogens is 160 g/mol. The van der Waals surface area contributed by atoms with Crippen LogP contribution in [0, 0.1) is 11.8 Å². The van der Waals surface area contributed by atoms with Gasteiger partial charge in [-0.15, -0.1) is 0 Å². The van der Waals surface area contributed by atoms with Crippen molar-refractivity contribution in [2.45, 2.75) is 25.7 Å². The van der Waals surface area contributed by atoms with Crippen molar-refractivity contribution in [1.29, 1.82) is 0 Å². The molecule has 0 bridgehead atoms. The van der Waals surface area contributed by atoms with Gasteiger partial charge in [0.2, 0.25) is 0 Å². The fourth-order valence-corrected chi connectivity index (χ4v) is 2.86. The third-order valence-electron chi connectivity index (χ3n) is 3.69. The summed E-state index contributed by atoms with van der Waals surface area (Å²) >= 11 is 0. The summed E-state index contributed by atoms with van der Waals surface area (Å²) in [7, 11) is 2.26. The number of nitrogens with one attached hydrogen (secondary N) is 1. The van der Waals surface area contributed by atoms with E-state index in [1.807, 2.05) is 0 Å². The molecule has 1 aliphatic heterocycles. The van der Waals surface area contributed by atoms with E-state index in [1.165, 1.54) is 51.9 Å². The van der Waals surface area contributed by atoms with E-state index in [2.05, 4.69) is 17.3 Å². The monoisotopic (exact) mass is 182 g/mol. The minimum Gasteiger partial charge on any atom is -0.315 e. The minimum absolute atomic E-state index is 0.926. The van der Waals surface area contributed by atoms with Crippen LogP contribution in [0.3, 0.4) is 0 Å². The average Bonchev–Trinajstić information content (AvgIpc) is 2.56. The smallest absolute Gasteiger partial charge is 0.0104 e. The molecule has 13 heavy (non-hydrogen) atoms. The molecule has 0 aromatic rings. The van der Waals surface area contributed by atoms with Gasteiger partial charge in [-0.05, 0) is 25.4 Å². The summed E-state index contributed by atoms with van der Waals surface area (Å²) in [6, 6.07) is 0. The Morgan fingerprint density at radius 3 is 2.69 bits per heavy atom. The molecule has 2 aliphatic rings. The van der Waals surface area contributed by atoms with Gasteiger partial charge in [0, 0.05) is 19.6 Å². The lowest BCUT2D eigenvalue weighted by Gasteiger charge is -2.24. The SMILES string of the molecule is CN1CCNCC(C2CCCC2)C1. The van der Waals surface area contributed by atoms with Gasteiger partial charge in [0.25, 0.3) is 0 Å². The van der Waals surface area contributed by atoms with Crippen LogP contribution in [0.15, 0.2) is 0 Å². The Morgan fingerprint density at radius 2 is 1.92 bits per heavy atom. The van der Waals surface area contributed by atoms with Gasteiger partial charge in [-0.25, -0.2) is 0 Å². The minimum atomic E-state index is 0.926. The average molecular weight is 182 g/mol. The third kappa shape index (κ3) is 2.44. The normalized spacial score (nSPS) is 33.5. The first kappa shape index (κ1) is 9.47. The second-order valence-corrected chi connectivity index (χ2v) is 4.77. The van der Waals surface area contributed by atoms with Crippen LogP contribution >= 0.6 is 0 Å². The van der Waals surface area contributed by atoms with E-state index in [9.17, 15) is 0 Å². The standard InChI is InChI=1S/C11H22N2/c1-13-7-6-12-8-11(9-13)10-4-2-3-5-10/h10-12H,2-9H2,1H3. The summed E-state index contributed by atoms with van der Waals surface area (Å²) in [5, 5.41) is 3.56. The molecule has 2 fully saturated rings. The molecule has 2 heteroatoms. The van der Waals surface area contributed by atoms with Crippen LogP contribution in [0.5, 0.6) is 0 Å². The molecule has 2 nitrogen and oxygen atoms in total. The van der Waals surface area contributed by atoms with Crippen LogP contribution in [-0.4, -0.2) is 38.1 Å². The molecule has 1 N–H and O–H groups in total. The van der Waals surface area contributed by atoms with Crippen LogP contribution in [0.1, 0.15) is 25.7 Å². The maximum atomic E-state index is 3.56. The summed E-state index contributed by atoms with van der Waals surface area (Å²) in [4.78, 5) is 2.49. The van der Waals surface area contributed by atoms with Gasteiger partial charge in [-0.2, -0.15) is 0 Å².